The average molecular weight is 223 g/mol. The summed E-state index contributed by atoms with van der Waals surface area (Å²) in [5, 5.41) is 10.8. The van der Waals surface area contributed by atoms with Gasteiger partial charge in [-0.25, -0.2) is 0 Å². The van der Waals surface area contributed by atoms with Crippen LogP contribution in [0.25, 0.3) is 11.0 Å². The molecule has 0 fully saturated rings. The molecule has 3 heteroatoms. The van der Waals surface area contributed by atoms with E-state index in [4.69, 9.17) is 0 Å². The zero-order valence-corrected chi connectivity index (χ0v) is 9.43. The second-order valence-electron chi connectivity index (χ2n) is 4.13. The van der Waals surface area contributed by atoms with Crippen LogP contribution < -0.4 is 0 Å². The first kappa shape index (κ1) is 10.0. The lowest BCUT2D eigenvalue weighted by atomic mass is 10.0. The van der Waals surface area contributed by atoms with Gasteiger partial charge in [0.25, 0.3) is 0 Å². The summed E-state index contributed by atoms with van der Waals surface area (Å²) >= 11 is 0. The molecule has 0 atom stereocenters. The van der Waals surface area contributed by atoms with Gasteiger partial charge >= 0.3 is 0 Å². The Morgan fingerprint density at radius 2 is 1.53 bits per heavy atom. The molecular formula is C14H13N3. The molecule has 0 bridgehead atoms. The van der Waals surface area contributed by atoms with Crippen molar-refractivity contribution in [2.45, 2.75) is 12.8 Å². The van der Waals surface area contributed by atoms with Crippen molar-refractivity contribution in [2.24, 2.45) is 0 Å². The molecule has 3 aromatic rings. The van der Waals surface area contributed by atoms with Crippen molar-refractivity contribution in [2.75, 3.05) is 0 Å². The molecule has 0 radical (unpaired) electrons. The van der Waals surface area contributed by atoms with Gasteiger partial charge in [-0.1, -0.05) is 36.4 Å². The third-order valence-corrected chi connectivity index (χ3v) is 2.93. The second-order valence-corrected chi connectivity index (χ2v) is 4.13. The van der Waals surface area contributed by atoms with Crippen LogP contribution in [0.4, 0.5) is 0 Å². The molecule has 2 aromatic carbocycles. The quantitative estimate of drug-likeness (QED) is 0.741. The third kappa shape index (κ3) is 2.18. The number of aromatic nitrogens is 3. The van der Waals surface area contributed by atoms with E-state index in [0.717, 1.165) is 23.9 Å². The first-order valence-corrected chi connectivity index (χ1v) is 5.75. The third-order valence-electron chi connectivity index (χ3n) is 2.93. The minimum Gasteiger partial charge on any atom is -0.197 e. The normalized spacial score (nSPS) is 10.8. The zero-order chi connectivity index (χ0) is 11.5. The number of aryl methyl sites for hydroxylation is 2. The lowest BCUT2D eigenvalue weighted by molar-refractivity contribution is 0.955. The van der Waals surface area contributed by atoms with Crippen LogP contribution in [-0.2, 0) is 12.8 Å². The van der Waals surface area contributed by atoms with E-state index >= 15 is 0 Å². The number of hydrogen-bond acceptors (Lipinski definition) is 2. The molecule has 17 heavy (non-hydrogen) atoms. The highest BCUT2D eigenvalue weighted by Gasteiger charge is 2.00. The van der Waals surface area contributed by atoms with Crippen LogP contribution in [0.5, 0.6) is 0 Å². The molecule has 0 spiro atoms. The molecular weight excluding hydrogens is 210 g/mol. The molecule has 0 aliphatic carbocycles. The standard InChI is InChI=1S/C14H13N3/c1-2-4-11(5-3-1)6-7-12-8-9-13-14(10-12)16-17-15-13/h1-5,8-10H,6-7H2,(H,15,16,17). The van der Waals surface area contributed by atoms with Gasteiger partial charge < -0.3 is 0 Å². The number of hydrogen-bond donors (Lipinski definition) is 1. The molecule has 0 unspecified atom stereocenters. The Morgan fingerprint density at radius 1 is 0.765 bits per heavy atom. The van der Waals surface area contributed by atoms with Crippen molar-refractivity contribution >= 4 is 11.0 Å². The Morgan fingerprint density at radius 3 is 2.41 bits per heavy atom. The van der Waals surface area contributed by atoms with Crippen LogP contribution in [0.1, 0.15) is 11.1 Å². The van der Waals surface area contributed by atoms with Crippen LogP contribution in [0.15, 0.2) is 48.5 Å². The fraction of sp³-hybridized carbons (Fsp3) is 0.143. The summed E-state index contributed by atoms with van der Waals surface area (Å²) < 4.78 is 0. The predicted molar refractivity (Wildman–Crippen MR) is 67.7 cm³/mol. The van der Waals surface area contributed by atoms with Gasteiger partial charge in [-0.05, 0) is 36.1 Å². The van der Waals surface area contributed by atoms with Crippen LogP contribution in [-0.4, -0.2) is 15.4 Å². The van der Waals surface area contributed by atoms with Gasteiger partial charge in [0, 0.05) is 0 Å². The van der Waals surface area contributed by atoms with Gasteiger partial charge in [0.2, 0.25) is 0 Å². The van der Waals surface area contributed by atoms with E-state index in [0.29, 0.717) is 0 Å². The SMILES string of the molecule is c1ccc(CCc2ccc3n[nH]nc3c2)cc1. The first-order valence-electron chi connectivity index (χ1n) is 5.75. The summed E-state index contributed by atoms with van der Waals surface area (Å²) in [4.78, 5) is 0. The van der Waals surface area contributed by atoms with Crippen molar-refractivity contribution in [3.05, 3.63) is 59.7 Å². The van der Waals surface area contributed by atoms with Crippen LogP contribution in [0.3, 0.4) is 0 Å². The molecule has 1 heterocycles. The number of benzene rings is 2. The van der Waals surface area contributed by atoms with E-state index in [-0.39, 0.29) is 0 Å². The summed E-state index contributed by atoms with van der Waals surface area (Å²) in [6.07, 6.45) is 2.09. The van der Waals surface area contributed by atoms with Crippen LogP contribution in [0, 0.1) is 0 Å². The molecule has 0 saturated heterocycles. The highest BCUT2D eigenvalue weighted by molar-refractivity contribution is 5.74. The number of H-pyrrole nitrogens is 1. The van der Waals surface area contributed by atoms with E-state index in [1.54, 1.807) is 0 Å². The lowest BCUT2D eigenvalue weighted by Gasteiger charge is -2.01. The average Bonchev–Trinajstić information content (AvgIpc) is 2.85. The fourth-order valence-electron chi connectivity index (χ4n) is 1.97. The van der Waals surface area contributed by atoms with Crippen LogP contribution in [0.2, 0.25) is 0 Å². The smallest absolute Gasteiger partial charge is 0.113 e. The molecule has 3 rings (SSSR count). The maximum Gasteiger partial charge on any atom is 0.113 e. The Hall–Kier alpha value is -2.16. The molecule has 0 aliphatic heterocycles. The van der Waals surface area contributed by atoms with Gasteiger partial charge in [-0.15, -0.1) is 0 Å². The number of rotatable bonds is 3. The van der Waals surface area contributed by atoms with Gasteiger partial charge in [0.15, 0.2) is 0 Å². The molecule has 1 N–H and O–H groups in total. The summed E-state index contributed by atoms with van der Waals surface area (Å²) in [6, 6.07) is 16.8. The summed E-state index contributed by atoms with van der Waals surface area (Å²) in [7, 11) is 0. The van der Waals surface area contributed by atoms with Gasteiger partial charge in [-0.2, -0.15) is 15.4 Å². The molecule has 84 valence electrons. The Balaban J connectivity index is 1.76. The minimum absolute atomic E-state index is 0.925. The fourth-order valence-corrected chi connectivity index (χ4v) is 1.97. The number of nitrogens with one attached hydrogen (secondary N) is 1. The number of aromatic amines is 1. The van der Waals surface area contributed by atoms with E-state index < -0.39 is 0 Å². The van der Waals surface area contributed by atoms with E-state index in [1.807, 2.05) is 12.1 Å². The zero-order valence-electron chi connectivity index (χ0n) is 9.43. The largest absolute Gasteiger partial charge is 0.197 e. The highest BCUT2D eigenvalue weighted by Crippen LogP contribution is 2.13. The predicted octanol–water partition coefficient (Wildman–Crippen LogP) is 2.74. The molecule has 0 saturated carbocycles. The molecule has 0 aliphatic rings. The Labute approximate surface area is 99.5 Å². The van der Waals surface area contributed by atoms with Gasteiger partial charge in [0.05, 0.1) is 0 Å². The van der Waals surface area contributed by atoms with Gasteiger partial charge in [0.1, 0.15) is 11.0 Å². The molecule has 1 aromatic heterocycles. The highest BCUT2D eigenvalue weighted by atomic mass is 15.3. The molecule has 3 nitrogen and oxygen atoms in total. The van der Waals surface area contributed by atoms with Crippen molar-refractivity contribution in [1.82, 2.24) is 15.4 Å². The van der Waals surface area contributed by atoms with E-state index in [9.17, 15) is 0 Å². The lowest BCUT2D eigenvalue weighted by Crippen LogP contribution is -1.90. The van der Waals surface area contributed by atoms with Crippen molar-refractivity contribution in [3.8, 4) is 0 Å². The topological polar surface area (TPSA) is 41.6 Å². The van der Waals surface area contributed by atoms with E-state index in [2.05, 4.69) is 51.8 Å². The van der Waals surface area contributed by atoms with E-state index in [1.165, 1.54) is 11.1 Å². The van der Waals surface area contributed by atoms with Crippen molar-refractivity contribution in [3.63, 3.8) is 0 Å². The summed E-state index contributed by atoms with van der Waals surface area (Å²) in [5.41, 5.74) is 4.53. The maximum absolute atomic E-state index is 4.10. The van der Waals surface area contributed by atoms with Crippen LogP contribution >= 0.6 is 0 Å². The van der Waals surface area contributed by atoms with Gasteiger partial charge in [-0.3, -0.25) is 0 Å². The minimum atomic E-state index is 0.925. The maximum atomic E-state index is 4.10. The summed E-state index contributed by atoms with van der Waals surface area (Å²) in [5.74, 6) is 0. The number of nitrogens with zero attached hydrogens (tertiary/aromatic N) is 2. The Bertz CT molecular complexity index is 613. The first-order chi connectivity index (χ1) is 8.42. The van der Waals surface area contributed by atoms with Crippen molar-refractivity contribution in [1.29, 1.82) is 0 Å². The molecule has 0 amide bonds. The number of fused-ring (bicyclic) bond motifs is 1. The Kier molecular flexibility index (Phi) is 2.58. The van der Waals surface area contributed by atoms with Crippen molar-refractivity contribution < 1.29 is 0 Å². The second kappa shape index (κ2) is 4.37. The monoisotopic (exact) mass is 223 g/mol. The summed E-state index contributed by atoms with van der Waals surface area (Å²) in [6.45, 7) is 0.